The summed E-state index contributed by atoms with van der Waals surface area (Å²) in [5, 5.41) is 0. The van der Waals surface area contributed by atoms with E-state index in [1.807, 2.05) is 0 Å². The van der Waals surface area contributed by atoms with Gasteiger partial charge in [-0.25, -0.2) is 0 Å². The number of nitrogens with zero attached hydrogens (tertiary/aromatic N) is 1. The van der Waals surface area contributed by atoms with Crippen LogP contribution in [0.4, 0.5) is 0 Å². The monoisotopic (exact) mass is 262 g/mol. The Balaban J connectivity index is 2.48. The Kier molecular flexibility index (Phi) is 6.03. The molecule has 0 aliphatic heterocycles. The molecule has 1 unspecified atom stereocenters. The molecule has 19 heavy (non-hydrogen) atoms. The van der Waals surface area contributed by atoms with E-state index in [0.717, 1.165) is 12.8 Å². The zero-order valence-electron chi connectivity index (χ0n) is 12.5. The summed E-state index contributed by atoms with van der Waals surface area (Å²) >= 11 is 0. The van der Waals surface area contributed by atoms with Crippen molar-refractivity contribution in [2.75, 3.05) is 13.6 Å². The number of nitrogens with two attached hydrogens (primary N) is 1. The van der Waals surface area contributed by atoms with Crippen molar-refractivity contribution < 1.29 is 4.79 Å². The number of rotatable bonds is 6. The van der Waals surface area contributed by atoms with E-state index in [-0.39, 0.29) is 5.91 Å². The molecule has 0 radical (unpaired) electrons. The Morgan fingerprint density at radius 1 is 1.16 bits per heavy atom. The maximum absolute atomic E-state index is 11.6. The van der Waals surface area contributed by atoms with Crippen molar-refractivity contribution in [3.05, 3.63) is 35.4 Å². The van der Waals surface area contributed by atoms with E-state index < -0.39 is 6.04 Å². The fourth-order valence-electron chi connectivity index (χ4n) is 2.07. The highest BCUT2D eigenvalue weighted by molar-refractivity contribution is 5.80. The molecule has 0 aromatic heterocycles. The largest absolute Gasteiger partial charge is 0.344 e. The van der Waals surface area contributed by atoms with Crippen molar-refractivity contribution >= 4 is 5.91 Å². The van der Waals surface area contributed by atoms with Crippen molar-refractivity contribution in [2.24, 2.45) is 11.7 Å². The molecule has 2 N–H and O–H groups in total. The third-order valence-electron chi connectivity index (χ3n) is 3.17. The second-order valence-electron chi connectivity index (χ2n) is 5.71. The summed E-state index contributed by atoms with van der Waals surface area (Å²) in [5.41, 5.74) is 8.22. The summed E-state index contributed by atoms with van der Waals surface area (Å²) in [4.78, 5) is 13.3. The van der Waals surface area contributed by atoms with Gasteiger partial charge in [0, 0.05) is 13.6 Å². The van der Waals surface area contributed by atoms with Crippen LogP contribution in [0.25, 0.3) is 0 Å². The van der Waals surface area contributed by atoms with Crippen LogP contribution in [0.5, 0.6) is 0 Å². The normalized spacial score (nSPS) is 12.5. The molecule has 1 aromatic carbocycles. The zero-order chi connectivity index (χ0) is 14.4. The molecule has 106 valence electrons. The van der Waals surface area contributed by atoms with Gasteiger partial charge in [-0.1, -0.05) is 38.1 Å². The van der Waals surface area contributed by atoms with E-state index in [0.29, 0.717) is 12.5 Å². The highest BCUT2D eigenvalue weighted by Gasteiger charge is 2.12. The smallest absolute Gasteiger partial charge is 0.238 e. The van der Waals surface area contributed by atoms with Crippen molar-refractivity contribution in [3.63, 3.8) is 0 Å². The van der Waals surface area contributed by atoms with E-state index in [2.05, 4.69) is 38.1 Å². The molecule has 1 rings (SSSR count). The van der Waals surface area contributed by atoms with E-state index in [4.69, 9.17) is 5.73 Å². The van der Waals surface area contributed by atoms with Gasteiger partial charge in [-0.3, -0.25) is 4.79 Å². The summed E-state index contributed by atoms with van der Waals surface area (Å²) in [7, 11) is 1.80. The fraction of sp³-hybridized carbons (Fsp3) is 0.562. The Bertz CT molecular complexity index is 396. The molecule has 0 aliphatic rings. The molecule has 0 fully saturated rings. The maximum Gasteiger partial charge on any atom is 0.238 e. The third kappa shape index (κ3) is 5.43. The zero-order valence-corrected chi connectivity index (χ0v) is 12.5. The van der Waals surface area contributed by atoms with Gasteiger partial charge in [0.05, 0.1) is 6.04 Å². The second-order valence-corrected chi connectivity index (χ2v) is 5.71. The molecular weight excluding hydrogens is 236 g/mol. The lowest BCUT2D eigenvalue weighted by Gasteiger charge is -2.19. The number of likely N-dealkylation sites (N-methyl/N-ethyl adjacent to an activating group) is 1. The van der Waals surface area contributed by atoms with Gasteiger partial charge in [-0.15, -0.1) is 0 Å². The van der Waals surface area contributed by atoms with Gasteiger partial charge in [0.2, 0.25) is 5.91 Å². The maximum atomic E-state index is 11.6. The van der Waals surface area contributed by atoms with Crippen molar-refractivity contribution in [1.82, 2.24) is 4.90 Å². The first-order chi connectivity index (χ1) is 8.90. The summed E-state index contributed by atoms with van der Waals surface area (Å²) < 4.78 is 0. The average Bonchev–Trinajstić information content (AvgIpc) is 2.35. The Labute approximate surface area is 116 Å². The van der Waals surface area contributed by atoms with E-state index in [1.54, 1.807) is 18.9 Å². The van der Waals surface area contributed by atoms with Crippen LogP contribution in [-0.2, 0) is 17.6 Å². The van der Waals surface area contributed by atoms with Crippen molar-refractivity contribution in [3.8, 4) is 0 Å². The minimum atomic E-state index is -0.418. The van der Waals surface area contributed by atoms with Crippen LogP contribution < -0.4 is 5.73 Å². The minimum Gasteiger partial charge on any atom is -0.344 e. The van der Waals surface area contributed by atoms with Crippen molar-refractivity contribution in [2.45, 2.75) is 39.7 Å². The quantitative estimate of drug-likeness (QED) is 0.854. The van der Waals surface area contributed by atoms with E-state index in [1.165, 1.54) is 11.1 Å². The first-order valence-electron chi connectivity index (χ1n) is 6.98. The predicted molar refractivity (Wildman–Crippen MR) is 80.0 cm³/mol. The van der Waals surface area contributed by atoms with Crippen LogP contribution in [-0.4, -0.2) is 30.4 Å². The molecule has 0 saturated carbocycles. The molecule has 0 saturated heterocycles. The Hall–Kier alpha value is -1.35. The Morgan fingerprint density at radius 2 is 1.68 bits per heavy atom. The van der Waals surface area contributed by atoms with Crippen LogP contribution in [0.2, 0.25) is 0 Å². The highest BCUT2D eigenvalue weighted by atomic mass is 16.2. The number of amides is 1. The Morgan fingerprint density at radius 3 is 2.16 bits per heavy atom. The van der Waals surface area contributed by atoms with Crippen LogP contribution in [0, 0.1) is 5.92 Å². The first-order valence-corrected chi connectivity index (χ1v) is 6.98. The van der Waals surface area contributed by atoms with Crippen LogP contribution in [0.15, 0.2) is 24.3 Å². The lowest BCUT2D eigenvalue weighted by molar-refractivity contribution is -0.130. The lowest BCUT2D eigenvalue weighted by Crippen LogP contribution is -2.40. The predicted octanol–water partition coefficient (Wildman–Crippen LogP) is 2.23. The SMILES string of the molecule is CC(C)Cc1ccc(CCN(C)C(=O)C(C)N)cc1. The summed E-state index contributed by atoms with van der Waals surface area (Å²) in [6.45, 7) is 6.88. The highest BCUT2D eigenvalue weighted by Crippen LogP contribution is 2.10. The molecule has 1 amide bonds. The summed E-state index contributed by atoms with van der Waals surface area (Å²) in [5.74, 6) is 0.678. The van der Waals surface area contributed by atoms with E-state index >= 15 is 0 Å². The number of hydrogen-bond donors (Lipinski definition) is 1. The lowest BCUT2D eigenvalue weighted by atomic mass is 10.0. The summed E-state index contributed by atoms with van der Waals surface area (Å²) in [6, 6.07) is 8.26. The molecule has 3 heteroatoms. The summed E-state index contributed by atoms with van der Waals surface area (Å²) in [6.07, 6.45) is 1.99. The molecule has 0 bridgehead atoms. The first kappa shape index (κ1) is 15.7. The number of benzene rings is 1. The molecule has 3 nitrogen and oxygen atoms in total. The topological polar surface area (TPSA) is 46.3 Å². The fourth-order valence-corrected chi connectivity index (χ4v) is 2.07. The van der Waals surface area contributed by atoms with Gasteiger partial charge >= 0.3 is 0 Å². The van der Waals surface area contributed by atoms with Crippen LogP contribution in [0.3, 0.4) is 0 Å². The second kappa shape index (κ2) is 7.29. The van der Waals surface area contributed by atoms with Gasteiger partial charge in [0.1, 0.15) is 0 Å². The average molecular weight is 262 g/mol. The molecule has 0 aliphatic carbocycles. The van der Waals surface area contributed by atoms with Crippen LogP contribution >= 0.6 is 0 Å². The van der Waals surface area contributed by atoms with Gasteiger partial charge in [-0.05, 0) is 36.8 Å². The van der Waals surface area contributed by atoms with Crippen LogP contribution in [0.1, 0.15) is 31.9 Å². The molecule has 1 aromatic rings. The van der Waals surface area contributed by atoms with Gasteiger partial charge in [0.15, 0.2) is 0 Å². The molecule has 1 atom stereocenters. The van der Waals surface area contributed by atoms with Crippen molar-refractivity contribution in [1.29, 1.82) is 0 Å². The molecule has 0 spiro atoms. The minimum absolute atomic E-state index is 0.00331. The number of carbonyl (C=O) groups is 1. The van der Waals surface area contributed by atoms with Gasteiger partial charge in [-0.2, -0.15) is 0 Å². The standard InChI is InChI=1S/C16H26N2O/c1-12(2)11-15-7-5-14(6-8-15)9-10-18(4)16(19)13(3)17/h5-8,12-13H,9-11,17H2,1-4H3. The van der Waals surface area contributed by atoms with E-state index in [9.17, 15) is 4.79 Å². The molecule has 0 heterocycles. The van der Waals surface area contributed by atoms with Gasteiger partial charge < -0.3 is 10.6 Å². The van der Waals surface area contributed by atoms with Gasteiger partial charge in [0.25, 0.3) is 0 Å². The third-order valence-corrected chi connectivity index (χ3v) is 3.17. The number of carbonyl (C=O) groups excluding carboxylic acids is 1. The number of hydrogen-bond acceptors (Lipinski definition) is 2. The molecular formula is C16H26N2O.